The second-order valence-electron chi connectivity index (χ2n) is 4.34. The van der Waals surface area contributed by atoms with E-state index < -0.39 is 5.97 Å². The number of benzene rings is 1. The molecule has 100 valence electrons. The van der Waals surface area contributed by atoms with E-state index in [1.165, 1.54) is 7.11 Å². The van der Waals surface area contributed by atoms with Crippen LogP contribution in [0.4, 0.5) is 0 Å². The zero-order chi connectivity index (χ0) is 14.1. The minimum absolute atomic E-state index is 0.315. The molecule has 0 N–H and O–H groups in total. The largest absolute Gasteiger partial charge is 0.465 e. The Morgan fingerprint density at radius 1 is 1.20 bits per heavy atom. The number of rotatable bonds is 2. The van der Waals surface area contributed by atoms with Crippen molar-refractivity contribution in [1.29, 1.82) is 0 Å². The smallest absolute Gasteiger partial charge is 0.343 e. The molecule has 0 unspecified atom stereocenters. The normalized spacial score (nSPS) is 10.7. The average Bonchev–Trinajstić information content (AvgIpc) is 2.87. The molecule has 0 saturated heterocycles. The molecule has 0 atom stereocenters. The average molecular weight is 268 g/mol. The standard InChI is InChI=1S/C15H12N2O3/c1-9-13(15(18)19-2)14(17-20-9)12-8-7-10-5-3-4-6-11(10)16-12/h3-8H,1-2H3. The summed E-state index contributed by atoms with van der Waals surface area (Å²) in [4.78, 5) is 16.3. The number of esters is 1. The van der Waals surface area contributed by atoms with Crippen molar-refractivity contribution in [2.45, 2.75) is 6.92 Å². The van der Waals surface area contributed by atoms with Gasteiger partial charge in [-0.05, 0) is 19.1 Å². The molecule has 2 heterocycles. The molecule has 0 radical (unpaired) electrons. The second kappa shape index (κ2) is 4.77. The Labute approximate surface area is 115 Å². The molecule has 0 bridgehead atoms. The van der Waals surface area contributed by atoms with Gasteiger partial charge in [-0.15, -0.1) is 0 Å². The number of aryl methyl sites for hydroxylation is 1. The molecule has 0 aliphatic carbocycles. The fourth-order valence-electron chi connectivity index (χ4n) is 2.09. The maximum atomic E-state index is 11.8. The van der Waals surface area contributed by atoms with E-state index >= 15 is 0 Å². The van der Waals surface area contributed by atoms with Crippen molar-refractivity contribution >= 4 is 16.9 Å². The van der Waals surface area contributed by atoms with Gasteiger partial charge in [-0.1, -0.05) is 29.4 Å². The zero-order valence-electron chi connectivity index (χ0n) is 11.1. The number of ether oxygens (including phenoxy) is 1. The van der Waals surface area contributed by atoms with Gasteiger partial charge in [0.25, 0.3) is 0 Å². The van der Waals surface area contributed by atoms with Crippen molar-refractivity contribution < 1.29 is 14.1 Å². The predicted octanol–water partition coefficient (Wildman–Crippen LogP) is 2.98. The third-order valence-corrected chi connectivity index (χ3v) is 3.09. The molecule has 3 aromatic rings. The summed E-state index contributed by atoms with van der Waals surface area (Å²) in [5.74, 6) is -0.0597. The van der Waals surface area contributed by atoms with E-state index in [0.717, 1.165) is 10.9 Å². The van der Waals surface area contributed by atoms with Gasteiger partial charge < -0.3 is 9.26 Å². The summed E-state index contributed by atoms with van der Waals surface area (Å²) >= 11 is 0. The minimum Gasteiger partial charge on any atom is -0.465 e. The van der Waals surface area contributed by atoms with Crippen LogP contribution in [0.1, 0.15) is 16.1 Å². The summed E-state index contributed by atoms with van der Waals surface area (Å²) in [6.07, 6.45) is 0. The van der Waals surface area contributed by atoms with E-state index in [9.17, 15) is 4.79 Å². The third kappa shape index (κ3) is 1.93. The summed E-state index contributed by atoms with van der Waals surface area (Å²) in [6, 6.07) is 11.5. The number of fused-ring (bicyclic) bond motifs is 1. The number of para-hydroxylation sites is 1. The van der Waals surface area contributed by atoms with Gasteiger partial charge >= 0.3 is 5.97 Å². The molecule has 0 saturated carbocycles. The highest BCUT2D eigenvalue weighted by Crippen LogP contribution is 2.26. The maximum absolute atomic E-state index is 11.8. The fraction of sp³-hybridized carbons (Fsp3) is 0.133. The number of methoxy groups -OCH3 is 1. The Hall–Kier alpha value is -2.69. The number of carbonyl (C=O) groups excluding carboxylic acids is 1. The van der Waals surface area contributed by atoms with Crippen molar-refractivity contribution in [2.24, 2.45) is 0 Å². The van der Waals surface area contributed by atoms with Crippen LogP contribution in [0.5, 0.6) is 0 Å². The first kappa shape index (κ1) is 12.3. The van der Waals surface area contributed by atoms with Gasteiger partial charge in [-0.2, -0.15) is 0 Å². The zero-order valence-corrected chi connectivity index (χ0v) is 11.1. The monoisotopic (exact) mass is 268 g/mol. The lowest BCUT2D eigenvalue weighted by Crippen LogP contribution is -2.04. The van der Waals surface area contributed by atoms with Crippen LogP contribution in [-0.2, 0) is 4.74 Å². The van der Waals surface area contributed by atoms with Crippen LogP contribution in [0.25, 0.3) is 22.3 Å². The number of carbonyl (C=O) groups is 1. The minimum atomic E-state index is -0.478. The molecule has 5 nitrogen and oxygen atoms in total. The first-order chi connectivity index (χ1) is 9.70. The summed E-state index contributed by atoms with van der Waals surface area (Å²) in [7, 11) is 1.33. The molecular weight excluding hydrogens is 256 g/mol. The Balaban J connectivity index is 2.18. The Kier molecular flexibility index (Phi) is 2.95. The Morgan fingerprint density at radius 3 is 2.80 bits per heavy atom. The van der Waals surface area contributed by atoms with Gasteiger partial charge in [0.1, 0.15) is 17.0 Å². The number of hydrogen-bond donors (Lipinski definition) is 0. The molecular formula is C15H12N2O3. The van der Waals surface area contributed by atoms with Gasteiger partial charge in [0.05, 0.1) is 18.3 Å². The van der Waals surface area contributed by atoms with Crippen LogP contribution in [-0.4, -0.2) is 23.2 Å². The van der Waals surface area contributed by atoms with Gasteiger partial charge in [0.15, 0.2) is 0 Å². The fourth-order valence-corrected chi connectivity index (χ4v) is 2.09. The molecule has 0 fully saturated rings. The highest BCUT2D eigenvalue weighted by molar-refractivity contribution is 5.97. The lowest BCUT2D eigenvalue weighted by molar-refractivity contribution is 0.0599. The quantitative estimate of drug-likeness (QED) is 0.668. The van der Waals surface area contributed by atoms with Crippen molar-refractivity contribution in [1.82, 2.24) is 10.1 Å². The van der Waals surface area contributed by atoms with E-state index in [0.29, 0.717) is 22.7 Å². The highest BCUT2D eigenvalue weighted by Gasteiger charge is 2.23. The molecule has 3 rings (SSSR count). The van der Waals surface area contributed by atoms with Crippen molar-refractivity contribution in [3.05, 3.63) is 47.7 Å². The number of nitrogens with zero attached hydrogens (tertiary/aromatic N) is 2. The van der Waals surface area contributed by atoms with Gasteiger partial charge in [0, 0.05) is 5.39 Å². The molecule has 1 aromatic carbocycles. The molecule has 2 aromatic heterocycles. The summed E-state index contributed by atoms with van der Waals surface area (Å²) in [5.41, 5.74) is 2.14. The number of hydrogen-bond acceptors (Lipinski definition) is 5. The van der Waals surface area contributed by atoms with Gasteiger partial charge in [0.2, 0.25) is 0 Å². The third-order valence-electron chi connectivity index (χ3n) is 3.09. The molecule has 0 aliphatic heterocycles. The van der Waals surface area contributed by atoms with Gasteiger partial charge in [-0.25, -0.2) is 9.78 Å². The van der Waals surface area contributed by atoms with Gasteiger partial charge in [-0.3, -0.25) is 0 Å². The van der Waals surface area contributed by atoms with Crippen LogP contribution in [0, 0.1) is 6.92 Å². The lowest BCUT2D eigenvalue weighted by Gasteiger charge is -2.02. The van der Waals surface area contributed by atoms with E-state index in [4.69, 9.17) is 9.26 Å². The van der Waals surface area contributed by atoms with Crippen LogP contribution in [0.2, 0.25) is 0 Å². The predicted molar refractivity (Wildman–Crippen MR) is 73.3 cm³/mol. The first-order valence-corrected chi connectivity index (χ1v) is 6.11. The number of aromatic nitrogens is 2. The van der Waals surface area contributed by atoms with Crippen molar-refractivity contribution in [3.63, 3.8) is 0 Å². The van der Waals surface area contributed by atoms with Crippen molar-refractivity contribution in [3.8, 4) is 11.4 Å². The van der Waals surface area contributed by atoms with Crippen LogP contribution < -0.4 is 0 Å². The van der Waals surface area contributed by atoms with Crippen LogP contribution in [0.15, 0.2) is 40.9 Å². The van der Waals surface area contributed by atoms with Crippen LogP contribution >= 0.6 is 0 Å². The summed E-state index contributed by atoms with van der Waals surface area (Å²) < 4.78 is 9.85. The highest BCUT2D eigenvalue weighted by atomic mass is 16.5. The molecule has 20 heavy (non-hydrogen) atoms. The molecule has 0 amide bonds. The Morgan fingerprint density at radius 2 is 2.00 bits per heavy atom. The SMILES string of the molecule is COC(=O)c1c(-c2ccc3ccccc3n2)noc1C. The van der Waals surface area contributed by atoms with Crippen molar-refractivity contribution in [2.75, 3.05) is 7.11 Å². The van der Waals surface area contributed by atoms with Crippen LogP contribution in [0.3, 0.4) is 0 Å². The summed E-state index contributed by atoms with van der Waals surface area (Å²) in [5, 5.41) is 4.95. The maximum Gasteiger partial charge on any atom is 0.343 e. The van der Waals surface area contributed by atoms with E-state index in [-0.39, 0.29) is 0 Å². The van der Waals surface area contributed by atoms with E-state index in [1.807, 2.05) is 36.4 Å². The number of pyridine rings is 1. The first-order valence-electron chi connectivity index (χ1n) is 6.11. The Bertz CT molecular complexity index is 793. The summed E-state index contributed by atoms with van der Waals surface area (Å²) in [6.45, 7) is 1.67. The molecule has 0 aliphatic rings. The molecule has 0 spiro atoms. The molecule has 5 heteroatoms. The second-order valence-corrected chi connectivity index (χ2v) is 4.34. The topological polar surface area (TPSA) is 65.2 Å². The lowest BCUT2D eigenvalue weighted by atomic mass is 10.1. The van der Waals surface area contributed by atoms with E-state index in [1.54, 1.807) is 6.92 Å². The van der Waals surface area contributed by atoms with E-state index in [2.05, 4.69) is 10.1 Å².